The molecule has 4 saturated carbocycles. The average Bonchev–Trinajstić information content (AvgIpc) is 3.04. The normalized spacial score (nSPS) is 64.0. The van der Waals surface area contributed by atoms with Crippen molar-refractivity contribution in [2.75, 3.05) is 6.54 Å². The second kappa shape index (κ2) is 7.16. The van der Waals surface area contributed by atoms with E-state index in [2.05, 4.69) is 26.1 Å². The summed E-state index contributed by atoms with van der Waals surface area (Å²) in [6, 6.07) is -0.198. The molecule has 6 aliphatic rings. The van der Waals surface area contributed by atoms with E-state index in [-0.39, 0.29) is 35.5 Å². The van der Waals surface area contributed by atoms with Gasteiger partial charge >= 0.3 is 0 Å². The lowest BCUT2D eigenvalue weighted by molar-refractivity contribution is -0.347. The summed E-state index contributed by atoms with van der Waals surface area (Å²) in [5, 5.41) is 36.4. The fourth-order valence-corrected chi connectivity index (χ4v) is 10.6. The van der Waals surface area contributed by atoms with Gasteiger partial charge in [-0.2, -0.15) is 0 Å². The van der Waals surface area contributed by atoms with E-state index in [4.69, 9.17) is 4.74 Å². The molecule has 2 saturated heterocycles. The van der Waals surface area contributed by atoms with Gasteiger partial charge in [0, 0.05) is 6.54 Å². The summed E-state index contributed by atoms with van der Waals surface area (Å²) in [5.41, 5.74) is 0.628. The monoisotopic (exact) mass is 447 g/mol. The van der Waals surface area contributed by atoms with Gasteiger partial charge in [-0.25, -0.2) is 0 Å². The molecule has 4 N–H and O–H groups in total. The van der Waals surface area contributed by atoms with Gasteiger partial charge in [0.15, 0.2) is 0 Å². The molecule has 14 atom stereocenters. The lowest BCUT2D eigenvalue weighted by Gasteiger charge is -2.62. The number of fused-ring (bicyclic) bond motifs is 8. The smallest absolute Gasteiger partial charge is 0.208 e. The van der Waals surface area contributed by atoms with E-state index >= 15 is 0 Å². The molecule has 5 heteroatoms. The Balaban J connectivity index is 1.31. The molecule has 0 aromatic heterocycles. The molecule has 0 aromatic carbocycles. The van der Waals surface area contributed by atoms with Gasteiger partial charge < -0.3 is 25.4 Å². The fourth-order valence-electron chi connectivity index (χ4n) is 10.6. The van der Waals surface area contributed by atoms with E-state index < -0.39 is 11.9 Å². The molecule has 32 heavy (non-hydrogen) atoms. The number of nitrogens with one attached hydrogen (secondary N) is 1. The third kappa shape index (κ3) is 2.75. The van der Waals surface area contributed by atoms with Crippen LogP contribution in [0.3, 0.4) is 0 Å². The van der Waals surface area contributed by atoms with Crippen molar-refractivity contribution in [2.45, 2.75) is 109 Å². The van der Waals surface area contributed by atoms with Crippen LogP contribution in [0.15, 0.2) is 0 Å². The van der Waals surface area contributed by atoms with Gasteiger partial charge in [0.2, 0.25) is 5.79 Å². The Morgan fingerprint density at radius 3 is 2.44 bits per heavy atom. The Labute approximate surface area is 193 Å². The summed E-state index contributed by atoms with van der Waals surface area (Å²) in [6.45, 7) is 10.1. The van der Waals surface area contributed by atoms with Crippen LogP contribution in [-0.4, -0.2) is 52.0 Å². The Bertz CT molecular complexity index is 762. The maximum atomic E-state index is 11.6. The quantitative estimate of drug-likeness (QED) is 0.458. The lowest BCUT2D eigenvalue weighted by atomic mass is 9.44. The number of piperidine rings is 1. The molecule has 0 radical (unpaired) electrons. The topological polar surface area (TPSA) is 82.0 Å². The van der Waals surface area contributed by atoms with Crippen LogP contribution in [0.4, 0.5) is 0 Å². The van der Waals surface area contributed by atoms with Crippen molar-refractivity contribution in [1.82, 2.24) is 5.32 Å². The number of hydrogen-bond acceptors (Lipinski definition) is 5. The fraction of sp³-hybridized carbons (Fsp3) is 1.00. The Morgan fingerprint density at radius 2 is 1.66 bits per heavy atom. The minimum Gasteiger partial charge on any atom is -0.393 e. The second-order valence-corrected chi connectivity index (χ2v) is 13.5. The summed E-state index contributed by atoms with van der Waals surface area (Å²) >= 11 is 0. The molecule has 4 aliphatic carbocycles. The van der Waals surface area contributed by atoms with Crippen molar-refractivity contribution in [3.8, 4) is 0 Å². The van der Waals surface area contributed by atoms with E-state index in [1.54, 1.807) is 0 Å². The van der Waals surface area contributed by atoms with Crippen LogP contribution in [0.5, 0.6) is 0 Å². The first-order chi connectivity index (χ1) is 15.1. The van der Waals surface area contributed by atoms with Gasteiger partial charge in [-0.1, -0.05) is 27.7 Å². The van der Waals surface area contributed by atoms with Crippen LogP contribution >= 0.6 is 0 Å². The minimum absolute atomic E-state index is 0.0134. The second-order valence-electron chi connectivity index (χ2n) is 13.5. The van der Waals surface area contributed by atoms with Crippen LogP contribution in [-0.2, 0) is 4.74 Å². The van der Waals surface area contributed by atoms with Crippen molar-refractivity contribution in [1.29, 1.82) is 0 Å². The molecular formula is C27H45NO4. The third-order valence-electron chi connectivity index (χ3n) is 12.2. The van der Waals surface area contributed by atoms with Crippen molar-refractivity contribution >= 4 is 0 Å². The highest BCUT2D eigenvalue weighted by atomic mass is 16.6. The van der Waals surface area contributed by atoms with E-state index in [0.717, 1.165) is 37.6 Å². The van der Waals surface area contributed by atoms with Crippen molar-refractivity contribution in [3.63, 3.8) is 0 Å². The molecule has 0 spiro atoms. The van der Waals surface area contributed by atoms with E-state index in [0.29, 0.717) is 23.2 Å². The highest BCUT2D eigenvalue weighted by Gasteiger charge is 2.69. The van der Waals surface area contributed by atoms with Crippen LogP contribution in [0.25, 0.3) is 0 Å². The maximum Gasteiger partial charge on any atom is 0.208 e. The van der Waals surface area contributed by atoms with Gasteiger partial charge in [-0.3, -0.25) is 0 Å². The SMILES string of the molecule is C[C@H]1[C@H]2[C@H](C[C@H]3[C@@H]4CC[C@H]5C[C@@H](O)CC[C@]5(C)[C@H]4CC[C@]23C)O[C@]2(O)[C@H](O)[C@@H](C)CN[C@H]12. The largest absolute Gasteiger partial charge is 0.393 e. The lowest BCUT2D eigenvalue weighted by Crippen LogP contribution is -2.73. The standard InChI is InChI=1S/C27H45NO4/c1-14-13-28-23-15(2)22-21(32-27(23,31)24(14)30)12-20-18-6-5-16-11-17(29)7-9-25(16,3)19(18)8-10-26(20,22)4/h14-24,28-31H,5-13H2,1-4H3/t14-,15-,16-,17-,18+,19-,20-,21-,22-,23+,24+,25-,26-,27-/m0/s1. The molecule has 2 aliphatic heterocycles. The Morgan fingerprint density at radius 1 is 0.906 bits per heavy atom. The first kappa shape index (κ1) is 22.3. The zero-order valence-corrected chi connectivity index (χ0v) is 20.5. The predicted octanol–water partition coefficient (Wildman–Crippen LogP) is 3.31. The maximum absolute atomic E-state index is 11.6. The van der Waals surface area contributed by atoms with Crippen LogP contribution < -0.4 is 5.32 Å². The minimum atomic E-state index is -1.47. The molecule has 0 bridgehead atoms. The van der Waals surface area contributed by atoms with Crippen molar-refractivity contribution in [3.05, 3.63) is 0 Å². The van der Waals surface area contributed by atoms with Gasteiger partial charge in [0.05, 0.1) is 18.2 Å². The summed E-state index contributed by atoms with van der Waals surface area (Å²) < 4.78 is 6.55. The molecule has 6 rings (SSSR count). The van der Waals surface area contributed by atoms with Crippen molar-refractivity contribution < 1.29 is 20.1 Å². The van der Waals surface area contributed by atoms with Crippen LogP contribution in [0, 0.1) is 52.3 Å². The van der Waals surface area contributed by atoms with Gasteiger partial charge in [-0.05, 0) is 104 Å². The number of hydrogen-bond donors (Lipinski definition) is 4. The van der Waals surface area contributed by atoms with Gasteiger partial charge in [0.25, 0.3) is 0 Å². The summed E-state index contributed by atoms with van der Waals surface area (Å²) in [7, 11) is 0. The summed E-state index contributed by atoms with van der Waals surface area (Å²) in [5.74, 6) is 2.05. The Kier molecular flexibility index (Phi) is 4.99. The van der Waals surface area contributed by atoms with Gasteiger partial charge in [-0.15, -0.1) is 0 Å². The first-order valence-corrected chi connectivity index (χ1v) is 13.6. The van der Waals surface area contributed by atoms with E-state index in [9.17, 15) is 15.3 Å². The number of ether oxygens (including phenoxy) is 1. The first-order valence-electron chi connectivity index (χ1n) is 13.6. The highest BCUT2D eigenvalue weighted by molar-refractivity contribution is 5.16. The molecule has 0 aromatic rings. The number of aliphatic hydroxyl groups excluding tert-OH is 2. The van der Waals surface area contributed by atoms with E-state index in [1.165, 1.54) is 32.1 Å². The predicted molar refractivity (Wildman–Crippen MR) is 123 cm³/mol. The third-order valence-corrected chi connectivity index (χ3v) is 12.2. The number of rotatable bonds is 0. The molecule has 2 heterocycles. The molecule has 6 fully saturated rings. The average molecular weight is 448 g/mol. The Hall–Kier alpha value is -0.200. The van der Waals surface area contributed by atoms with Gasteiger partial charge in [0.1, 0.15) is 6.10 Å². The summed E-state index contributed by atoms with van der Waals surface area (Å²) in [6.07, 6.45) is 8.42. The summed E-state index contributed by atoms with van der Waals surface area (Å²) in [4.78, 5) is 0. The van der Waals surface area contributed by atoms with Crippen molar-refractivity contribution in [2.24, 2.45) is 52.3 Å². The molecule has 0 unspecified atom stereocenters. The van der Waals surface area contributed by atoms with Crippen LogP contribution in [0.2, 0.25) is 0 Å². The molecule has 182 valence electrons. The molecule has 5 nitrogen and oxygen atoms in total. The molecular weight excluding hydrogens is 402 g/mol. The van der Waals surface area contributed by atoms with E-state index in [1.807, 2.05) is 6.92 Å². The van der Waals surface area contributed by atoms with Crippen LogP contribution in [0.1, 0.15) is 79.1 Å². The zero-order chi connectivity index (χ0) is 22.6. The number of aliphatic hydroxyl groups is 3. The zero-order valence-electron chi connectivity index (χ0n) is 20.5. The molecule has 0 amide bonds. The highest BCUT2D eigenvalue weighted by Crippen LogP contribution is 2.70.